The zero-order valence-corrected chi connectivity index (χ0v) is 23.0. The van der Waals surface area contributed by atoms with Gasteiger partial charge in [-0.2, -0.15) is 0 Å². The Labute approximate surface area is 213 Å². The molecule has 1 N–H and O–H groups in total. The summed E-state index contributed by atoms with van der Waals surface area (Å²) in [6.45, 7) is 5.35. The van der Waals surface area contributed by atoms with Crippen LogP contribution >= 0.6 is 11.8 Å². The molecule has 2 rings (SSSR count). The van der Waals surface area contributed by atoms with Crippen molar-refractivity contribution in [3.63, 3.8) is 0 Å². The van der Waals surface area contributed by atoms with Crippen molar-refractivity contribution in [3.8, 4) is 0 Å². The van der Waals surface area contributed by atoms with E-state index in [-0.39, 0.29) is 24.1 Å². The Morgan fingerprint density at radius 1 is 0.765 bits per heavy atom. The van der Waals surface area contributed by atoms with E-state index in [0.717, 1.165) is 23.9 Å². The smallest absolute Gasteiger partial charge is 0.325 e. The van der Waals surface area contributed by atoms with E-state index in [4.69, 9.17) is 4.99 Å². The van der Waals surface area contributed by atoms with Crippen molar-refractivity contribution in [2.75, 3.05) is 19.3 Å². The molecule has 0 bridgehead atoms. The number of imide groups is 1. The Morgan fingerprint density at radius 3 is 1.82 bits per heavy atom. The zero-order valence-electron chi connectivity index (χ0n) is 22.2. The highest BCUT2D eigenvalue weighted by molar-refractivity contribution is 8.13. The van der Waals surface area contributed by atoms with Gasteiger partial charge in [-0.3, -0.25) is 10.1 Å². The summed E-state index contributed by atoms with van der Waals surface area (Å²) in [4.78, 5) is 33.4. The van der Waals surface area contributed by atoms with Gasteiger partial charge in [0.15, 0.2) is 17.4 Å². The van der Waals surface area contributed by atoms with Gasteiger partial charge < -0.3 is 9.80 Å². The molecule has 1 saturated heterocycles. The van der Waals surface area contributed by atoms with Gasteiger partial charge in [0.25, 0.3) is 5.91 Å². The fraction of sp³-hybridized carbons (Fsp3) is 0.889. The van der Waals surface area contributed by atoms with E-state index < -0.39 is 0 Å². The summed E-state index contributed by atoms with van der Waals surface area (Å²) >= 11 is 1.77. The number of fused-ring (bicyclic) bond motifs is 1. The van der Waals surface area contributed by atoms with Gasteiger partial charge in [-0.25, -0.2) is 9.79 Å². The summed E-state index contributed by atoms with van der Waals surface area (Å²) in [7, 11) is 1.74. The number of rotatable bonds is 19. The highest BCUT2D eigenvalue weighted by atomic mass is 32.2. The number of hydrogen-bond donors (Lipinski definition) is 1. The monoisotopic (exact) mass is 494 g/mol. The van der Waals surface area contributed by atoms with Crippen molar-refractivity contribution in [2.45, 2.75) is 135 Å². The standard InChI is InChI=1S/C27H50N4O2S/c1-4-6-8-10-12-13-14-16-18-20-22-34-27-28-24-23(25(32)29-26(33)30(24)3)31(27)21-19-17-15-11-9-7-5-2/h23-24H,4-22H2,1-3H3,(H,29,32,33). The second kappa shape index (κ2) is 17.2. The molecule has 0 aromatic carbocycles. The van der Waals surface area contributed by atoms with Crippen molar-refractivity contribution in [1.29, 1.82) is 0 Å². The van der Waals surface area contributed by atoms with Crippen LogP contribution in [0.1, 0.15) is 123 Å². The number of carbonyl (C=O) groups is 2. The average molecular weight is 495 g/mol. The second-order valence-electron chi connectivity index (χ2n) is 10.0. The number of nitrogens with one attached hydrogen (secondary N) is 1. The summed E-state index contributed by atoms with van der Waals surface area (Å²) in [5, 5.41) is 3.46. The number of nitrogens with zero attached hydrogens (tertiary/aromatic N) is 3. The highest BCUT2D eigenvalue weighted by Crippen LogP contribution is 2.29. The Hall–Kier alpha value is -1.24. The minimum atomic E-state index is -0.388. The number of aliphatic imine (C=N–C) groups is 1. The lowest BCUT2D eigenvalue weighted by atomic mass is 10.1. The lowest BCUT2D eigenvalue weighted by molar-refractivity contribution is -0.127. The Bertz CT molecular complexity index is 628. The number of carbonyl (C=O) groups excluding carboxylic acids is 2. The summed E-state index contributed by atoms with van der Waals surface area (Å²) < 4.78 is 0. The summed E-state index contributed by atoms with van der Waals surface area (Å²) in [5.74, 6) is 0.830. The number of likely N-dealkylation sites (N-methyl/N-ethyl adjacent to an activating group) is 1. The summed E-state index contributed by atoms with van der Waals surface area (Å²) in [5.41, 5.74) is 0. The molecule has 0 aromatic heterocycles. The molecule has 2 aliphatic heterocycles. The molecule has 3 amide bonds. The van der Waals surface area contributed by atoms with E-state index >= 15 is 0 Å². The number of unbranched alkanes of at least 4 members (excludes halogenated alkanes) is 15. The van der Waals surface area contributed by atoms with E-state index in [1.54, 1.807) is 23.7 Å². The van der Waals surface area contributed by atoms with Crippen LogP contribution in [0.25, 0.3) is 0 Å². The van der Waals surface area contributed by atoms with Gasteiger partial charge in [-0.1, -0.05) is 122 Å². The van der Waals surface area contributed by atoms with Crippen molar-refractivity contribution < 1.29 is 9.59 Å². The quantitative estimate of drug-likeness (QED) is 0.198. The topological polar surface area (TPSA) is 65.0 Å². The minimum absolute atomic E-state index is 0.200. The molecular formula is C27H50N4O2S. The number of hydrogen-bond acceptors (Lipinski definition) is 5. The number of amides is 3. The molecule has 0 aromatic rings. The summed E-state index contributed by atoms with van der Waals surface area (Å²) in [6, 6.07) is -0.718. The first-order chi connectivity index (χ1) is 16.6. The second-order valence-corrected chi connectivity index (χ2v) is 11.1. The first kappa shape index (κ1) is 29.0. The van der Waals surface area contributed by atoms with Gasteiger partial charge in [-0.05, 0) is 12.8 Å². The molecule has 1 fully saturated rings. The fourth-order valence-electron chi connectivity index (χ4n) is 4.85. The van der Waals surface area contributed by atoms with Gasteiger partial charge in [0.2, 0.25) is 0 Å². The van der Waals surface area contributed by atoms with Crippen molar-refractivity contribution in [2.24, 2.45) is 4.99 Å². The largest absolute Gasteiger partial charge is 0.336 e. The molecule has 2 atom stereocenters. The minimum Gasteiger partial charge on any atom is -0.336 e. The molecular weight excluding hydrogens is 444 g/mol. The molecule has 34 heavy (non-hydrogen) atoms. The van der Waals surface area contributed by atoms with Crippen LogP contribution in [0.15, 0.2) is 4.99 Å². The van der Waals surface area contributed by atoms with Crippen LogP contribution in [0.3, 0.4) is 0 Å². The van der Waals surface area contributed by atoms with Crippen LogP contribution in [0.2, 0.25) is 0 Å². The molecule has 0 aliphatic carbocycles. The Balaban J connectivity index is 1.73. The molecule has 7 heteroatoms. The third-order valence-electron chi connectivity index (χ3n) is 7.05. The van der Waals surface area contributed by atoms with Crippen LogP contribution in [-0.2, 0) is 4.79 Å². The Kier molecular flexibility index (Phi) is 14.7. The van der Waals surface area contributed by atoms with Gasteiger partial charge in [0.1, 0.15) is 0 Å². The predicted molar refractivity (Wildman–Crippen MR) is 145 cm³/mol. The Morgan fingerprint density at radius 2 is 1.26 bits per heavy atom. The van der Waals surface area contributed by atoms with Gasteiger partial charge in [0, 0.05) is 19.3 Å². The molecule has 2 heterocycles. The van der Waals surface area contributed by atoms with Crippen molar-refractivity contribution in [1.82, 2.24) is 15.1 Å². The van der Waals surface area contributed by atoms with Crippen LogP contribution in [-0.4, -0.2) is 58.5 Å². The average Bonchev–Trinajstić information content (AvgIpc) is 3.19. The molecule has 0 spiro atoms. The number of amidine groups is 1. The molecule has 0 radical (unpaired) electrons. The van der Waals surface area contributed by atoms with Gasteiger partial charge in [0.05, 0.1) is 0 Å². The molecule has 196 valence electrons. The van der Waals surface area contributed by atoms with E-state index in [0.29, 0.717) is 0 Å². The van der Waals surface area contributed by atoms with Crippen LogP contribution in [0, 0.1) is 0 Å². The van der Waals surface area contributed by atoms with Crippen molar-refractivity contribution in [3.05, 3.63) is 0 Å². The van der Waals surface area contributed by atoms with E-state index in [1.165, 1.54) is 103 Å². The summed E-state index contributed by atoms with van der Waals surface area (Å²) in [6.07, 6.45) is 21.7. The maximum atomic E-state index is 12.7. The third kappa shape index (κ3) is 9.79. The van der Waals surface area contributed by atoms with E-state index in [1.807, 2.05) is 0 Å². The SMILES string of the molecule is CCCCCCCCCCCCSC1=NC2C(C(=O)NC(=O)N2C)N1CCCCCCCCC. The van der Waals surface area contributed by atoms with E-state index in [2.05, 4.69) is 24.1 Å². The van der Waals surface area contributed by atoms with Crippen LogP contribution in [0.5, 0.6) is 0 Å². The van der Waals surface area contributed by atoms with E-state index in [9.17, 15) is 9.59 Å². The predicted octanol–water partition coefficient (Wildman–Crippen LogP) is 6.94. The molecule has 6 nitrogen and oxygen atoms in total. The lowest BCUT2D eigenvalue weighted by Gasteiger charge is -2.36. The molecule has 2 aliphatic rings. The molecule has 2 unspecified atom stereocenters. The maximum absolute atomic E-state index is 12.7. The van der Waals surface area contributed by atoms with Crippen molar-refractivity contribution >= 4 is 28.9 Å². The van der Waals surface area contributed by atoms with Gasteiger partial charge in [-0.15, -0.1) is 0 Å². The fourth-order valence-corrected chi connectivity index (χ4v) is 5.93. The number of urea groups is 1. The first-order valence-electron chi connectivity index (χ1n) is 14.1. The normalized spacial score (nSPS) is 20.0. The third-order valence-corrected chi connectivity index (χ3v) is 8.15. The van der Waals surface area contributed by atoms with Gasteiger partial charge >= 0.3 is 6.03 Å². The molecule has 0 saturated carbocycles. The zero-order chi connectivity index (χ0) is 24.6. The van der Waals surface area contributed by atoms with Crippen LogP contribution in [0.4, 0.5) is 4.79 Å². The maximum Gasteiger partial charge on any atom is 0.325 e. The lowest BCUT2D eigenvalue weighted by Crippen LogP contribution is -2.63. The number of thioether (sulfide) groups is 1. The highest BCUT2D eigenvalue weighted by Gasteiger charge is 2.48. The van der Waals surface area contributed by atoms with Crippen LogP contribution < -0.4 is 5.32 Å². The first-order valence-corrected chi connectivity index (χ1v) is 15.1.